The number of fused-ring (bicyclic) bond motifs is 1. The number of allylic oxidation sites excluding steroid dienone is 1. The first-order chi connectivity index (χ1) is 6.54. The molecule has 0 amide bonds. The third-order valence-electron chi connectivity index (χ3n) is 3.09. The zero-order chi connectivity index (χ0) is 10.3. The summed E-state index contributed by atoms with van der Waals surface area (Å²) in [6, 6.07) is 0. The van der Waals surface area contributed by atoms with Gasteiger partial charge in [-0.05, 0) is 13.3 Å². The molecule has 78 valence electrons. The van der Waals surface area contributed by atoms with Crippen molar-refractivity contribution in [3.8, 4) is 0 Å². The second-order valence-electron chi connectivity index (χ2n) is 3.94. The van der Waals surface area contributed by atoms with E-state index in [0.29, 0.717) is 12.2 Å². The van der Waals surface area contributed by atoms with Crippen LogP contribution in [0.25, 0.3) is 0 Å². The van der Waals surface area contributed by atoms with E-state index in [4.69, 9.17) is 5.73 Å². The third kappa shape index (κ3) is 1.14. The highest BCUT2D eigenvalue weighted by Crippen LogP contribution is 2.33. The molecule has 14 heavy (non-hydrogen) atoms. The van der Waals surface area contributed by atoms with Gasteiger partial charge in [0.1, 0.15) is 0 Å². The SMILES string of the molecule is CC12CCC([N+](=O)[O-])=C(N)N1CCN2. The summed E-state index contributed by atoms with van der Waals surface area (Å²) in [7, 11) is 0. The summed E-state index contributed by atoms with van der Waals surface area (Å²) >= 11 is 0. The Morgan fingerprint density at radius 3 is 3.07 bits per heavy atom. The molecule has 1 fully saturated rings. The van der Waals surface area contributed by atoms with E-state index in [2.05, 4.69) is 5.32 Å². The molecule has 0 aromatic heterocycles. The van der Waals surface area contributed by atoms with Crippen molar-refractivity contribution < 1.29 is 4.92 Å². The summed E-state index contributed by atoms with van der Waals surface area (Å²) in [5.41, 5.74) is 5.76. The molecular weight excluding hydrogens is 184 g/mol. The van der Waals surface area contributed by atoms with Crippen LogP contribution >= 0.6 is 0 Å². The topological polar surface area (TPSA) is 84.4 Å². The molecule has 0 bridgehead atoms. The fraction of sp³-hybridized carbons (Fsp3) is 0.750. The standard InChI is InChI=1S/C8H14N4O2/c1-8-3-2-6(12(13)14)7(9)11(8)5-4-10-8/h10H,2-5,9H2,1H3. The number of nitrogens with one attached hydrogen (secondary N) is 1. The minimum Gasteiger partial charge on any atom is -0.380 e. The van der Waals surface area contributed by atoms with Crippen LogP contribution in [-0.4, -0.2) is 28.6 Å². The number of nitrogens with zero attached hydrogens (tertiary/aromatic N) is 2. The maximum atomic E-state index is 10.7. The van der Waals surface area contributed by atoms with Crippen molar-refractivity contribution in [2.24, 2.45) is 5.73 Å². The highest BCUT2D eigenvalue weighted by molar-refractivity contribution is 5.14. The molecule has 1 unspecified atom stereocenters. The van der Waals surface area contributed by atoms with E-state index in [0.717, 1.165) is 19.5 Å². The third-order valence-corrected chi connectivity index (χ3v) is 3.09. The second-order valence-corrected chi connectivity index (χ2v) is 3.94. The van der Waals surface area contributed by atoms with Crippen LogP contribution in [0.2, 0.25) is 0 Å². The number of nitrogens with two attached hydrogens (primary N) is 1. The first kappa shape index (κ1) is 9.26. The van der Waals surface area contributed by atoms with Gasteiger partial charge in [-0.3, -0.25) is 15.4 Å². The molecule has 0 aromatic carbocycles. The summed E-state index contributed by atoms with van der Waals surface area (Å²) < 4.78 is 0. The van der Waals surface area contributed by atoms with Crippen molar-refractivity contribution in [2.75, 3.05) is 13.1 Å². The van der Waals surface area contributed by atoms with E-state index in [9.17, 15) is 10.1 Å². The Bertz CT molecular complexity index is 314. The first-order valence-corrected chi connectivity index (χ1v) is 4.70. The Labute approximate surface area is 81.9 Å². The van der Waals surface area contributed by atoms with Crippen LogP contribution in [-0.2, 0) is 0 Å². The average molecular weight is 198 g/mol. The van der Waals surface area contributed by atoms with Crippen LogP contribution in [0.4, 0.5) is 0 Å². The Balaban J connectivity index is 2.36. The molecule has 1 saturated heterocycles. The van der Waals surface area contributed by atoms with Gasteiger partial charge in [0.2, 0.25) is 0 Å². The molecule has 0 aliphatic carbocycles. The molecule has 1 atom stereocenters. The Kier molecular flexibility index (Phi) is 1.88. The van der Waals surface area contributed by atoms with Crippen LogP contribution in [0, 0.1) is 10.1 Å². The van der Waals surface area contributed by atoms with Gasteiger partial charge in [-0.2, -0.15) is 0 Å². The maximum Gasteiger partial charge on any atom is 0.285 e. The van der Waals surface area contributed by atoms with E-state index >= 15 is 0 Å². The lowest BCUT2D eigenvalue weighted by Gasteiger charge is -2.39. The molecule has 0 saturated carbocycles. The fourth-order valence-electron chi connectivity index (χ4n) is 2.22. The molecule has 2 heterocycles. The normalized spacial score (nSPS) is 31.9. The van der Waals surface area contributed by atoms with E-state index in [1.54, 1.807) is 0 Å². The van der Waals surface area contributed by atoms with E-state index < -0.39 is 0 Å². The van der Waals surface area contributed by atoms with Crippen molar-refractivity contribution >= 4 is 0 Å². The fourth-order valence-corrected chi connectivity index (χ4v) is 2.22. The predicted octanol–water partition coefficient (Wildman–Crippen LogP) is -0.194. The summed E-state index contributed by atoms with van der Waals surface area (Å²) in [5, 5.41) is 14.0. The number of nitro groups is 1. The van der Waals surface area contributed by atoms with Crippen LogP contribution in [0.5, 0.6) is 0 Å². The first-order valence-electron chi connectivity index (χ1n) is 4.70. The van der Waals surface area contributed by atoms with E-state index in [1.165, 1.54) is 0 Å². The van der Waals surface area contributed by atoms with Crippen LogP contribution < -0.4 is 11.1 Å². The van der Waals surface area contributed by atoms with Gasteiger partial charge in [-0.15, -0.1) is 0 Å². The van der Waals surface area contributed by atoms with E-state index in [-0.39, 0.29) is 16.3 Å². The summed E-state index contributed by atoms with van der Waals surface area (Å²) in [6.45, 7) is 3.62. The molecule has 6 heteroatoms. The monoisotopic (exact) mass is 198 g/mol. The van der Waals surface area contributed by atoms with Crippen molar-refractivity contribution in [3.63, 3.8) is 0 Å². The van der Waals surface area contributed by atoms with Gasteiger partial charge in [-0.1, -0.05) is 0 Å². The molecule has 3 N–H and O–H groups in total. The van der Waals surface area contributed by atoms with Crippen molar-refractivity contribution in [1.82, 2.24) is 10.2 Å². The van der Waals surface area contributed by atoms with Crippen molar-refractivity contribution in [3.05, 3.63) is 21.6 Å². The smallest absolute Gasteiger partial charge is 0.285 e. The molecule has 2 aliphatic rings. The zero-order valence-corrected chi connectivity index (χ0v) is 8.12. The Morgan fingerprint density at radius 1 is 1.71 bits per heavy atom. The van der Waals surface area contributed by atoms with Gasteiger partial charge in [0.25, 0.3) is 5.70 Å². The highest BCUT2D eigenvalue weighted by atomic mass is 16.6. The zero-order valence-electron chi connectivity index (χ0n) is 8.12. The lowest BCUT2D eigenvalue weighted by Crippen LogP contribution is -2.52. The molecule has 0 radical (unpaired) electrons. The molecule has 0 spiro atoms. The summed E-state index contributed by atoms with van der Waals surface area (Å²) in [5.74, 6) is 0.328. The molecular formula is C8H14N4O2. The second kappa shape index (κ2) is 2.84. The van der Waals surface area contributed by atoms with Gasteiger partial charge in [0.05, 0.1) is 10.6 Å². The number of rotatable bonds is 1. The van der Waals surface area contributed by atoms with Crippen LogP contribution in [0.15, 0.2) is 11.5 Å². The largest absolute Gasteiger partial charge is 0.380 e. The number of hydrogen-bond donors (Lipinski definition) is 2. The summed E-state index contributed by atoms with van der Waals surface area (Å²) in [6.07, 6.45) is 1.18. The van der Waals surface area contributed by atoms with Crippen molar-refractivity contribution in [1.29, 1.82) is 0 Å². The Hall–Kier alpha value is -1.30. The minimum atomic E-state index is -0.368. The predicted molar refractivity (Wildman–Crippen MR) is 50.6 cm³/mol. The average Bonchev–Trinajstić information content (AvgIpc) is 2.47. The van der Waals surface area contributed by atoms with Gasteiger partial charge in [0, 0.05) is 19.5 Å². The lowest BCUT2D eigenvalue weighted by molar-refractivity contribution is -0.432. The molecule has 2 rings (SSSR count). The van der Waals surface area contributed by atoms with Gasteiger partial charge in [-0.25, -0.2) is 0 Å². The summed E-state index contributed by atoms with van der Waals surface area (Å²) in [4.78, 5) is 12.2. The van der Waals surface area contributed by atoms with Gasteiger partial charge in [0.15, 0.2) is 5.82 Å². The van der Waals surface area contributed by atoms with Crippen LogP contribution in [0.1, 0.15) is 19.8 Å². The quantitative estimate of drug-likeness (QED) is 0.450. The molecule has 2 aliphatic heterocycles. The highest BCUT2D eigenvalue weighted by Gasteiger charge is 2.43. The minimum absolute atomic E-state index is 0.158. The van der Waals surface area contributed by atoms with Crippen LogP contribution in [0.3, 0.4) is 0 Å². The molecule has 0 aromatic rings. The molecule has 6 nitrogen and oxygen atoms in total. The maximum absolute atomic E-state index is 10.7. The van der Waals surface area contributed by atoms with Gasteiger partial charge < -0.3 is 10.6 Å². The van der Waals surface area contributed by atoms with E-state index in [1.807, 2.05) is 11.8 Å². The Morgan fingerprint density at radius 2 is 2.43 bits per heavy atom. The van der Waals surface area contributed by atoms with Gasteiger partial charge >= 0.3 is 0 Å². The lowest BCUT2D eigenvalue weighted by atomic mass is 9.99. The number of hydrogen-bond acceptors (Lipinski definition) is 5. The van der Waals surface area contributed by atoms with Crippen molar-refractivity contribution in [2.45, 2.75) is 25.4 Å².